The van der Waals surface area contributed by atoms with Gasteiger partial charge in [-0.3, -0.25) is 9.59 Å². The Morgan fingerprint density at radius 1 is 1.39 bits per heavy atom. The Kier molecular flexibility index (Phi) is 4.60. The summed E-state index contributed by atoms with van der Waals surface area (Å²) >= 11 is 0. The molecule has 2 aromatic rings. The molecular weight excluding hydrogens is 296 g/mol. The molecule has 1 amide bonds. The maximum absolute atomic E-state index is 12.7. The summed E-state index contributed by atoms with van der Waals surface area (Å²) in [4.78, 5) is 25.8. The van der Waals surface area contributed by atoms with Crippen molar-refractivity contribution >= 4 is 22.8 Å². The molecule has 0 bridgehead atoms. The molecule has 1 unspecified atom stereocenters. The molecule has 0 saturated carbocycles. The van der Waals surface area contributed by atoms with Crippen molar-refractivity contribution in [3.63, 3.8) is 0 Å². The number of carbonyl (C=O) groups is 2. The number of nitrogens with zero attached hydrogens (tertiary/aromatic N) is 2. The van der Waals surface area contributed by atoms with Gasteiger partial charge >= 0.3 is 5.97 Å². The molecule has 0 spiro atoms. The number of carbonyl (C=O) groups excluding carboxylic acids is 2. The molecular formula is C17H20N2O4. The molecule has 23 heavy (non-hydrogen) atoms. The fourth-order valence-corrected chi connectivity index (χ4v) is 3.10. The summed E-state index contributed by atoms with van der Waals surface area (Å²) in [6.07, 6.45) is 3.10. The molecule has 1 saturated heterocycles. The average Bonchev–Trinajstić information content (AvgIpc) is 3.03. The van der Waals surface area contributed by atoms with Crippen molar-refractivity contribution in [3.8, 4) is 0 Å². The topological polar surface area (TPSA) is 72.6 Å². The zero-order chi connectivity index (χ0) is 16.2. The third kappa shape index (κ3) is 3.36. The minimum Gasteiger partial charge on any atom is -0.469 e. The summed E-state index contributed by atoms with van der Waals surface area (Å²) in [6.45, 7) is 1.35. The molecule has 6 heteroatoms. The first-order chi connectivity index (χ1) is 11.2. The van der Waals surface area contributed by atoms with Crippen molar-refractivity contribution < 1.29 is 18.8 Å². The molecule has 1 atom stereocenters. The van der Waals surface area contributed by atoms with Gasteiger partial charge in [-0.1, -0.05) is 17.3 Å². The van der Waals surface area contributed by atoms with Crippen LogP contribution in [0.25, 0.3) is 10.9 Å². The lowest BCUT2D eigenvalue weighted by atomic mass is 9.93. The number of fused-ring (bicyclic) bond motifs is 1. The maximum Gasteiger partial charge on any atom is 0.305 e. The van der Waals surface area contributed by atoms with Crippen molar-refractivity contribution in [2.75, 3.05) is 20.2 Å². The Bertz CT molecular complexity index is 709. The largest absolute Gasteiger partial charge is 0.469 e. The molecule has 0 radical (unpaired) electrons. The predicted octanol–water partition coefficient (Wildman–Crippen LogP) is 2.63. The number of amides is 1. The normalized spacial score (nSPS) is 18.1. The van der Waals surface area contributed by atoms with Gasteiger partial charge in [0.05, 0.1) is 12.5 Å². The van der Waals surface area contributed by atoms with Gasteiger partial charge in [-0.25, -0.2) is 0 Å². The Hall–Kier alpha value is -2.37. The Morgan fingerprint density at radius 2 is 2.22 bits per heavy atom. The van der Waals surface area contributed by atoms with Crippen LogP contribution in [0.5, 0.6) is 0 Å². The minimum absolute atomic E-state index is 0.124. The monoisotopic (exact) mass is 316 g/mol. The lowest BCUT2D eigenvalue weighted by molar-refractivity contribution is -0.141. The summed E-state index contributed by atoms with van der Waals surface area (Å²) in [6, 6.07) is 7.40. The minimum atomic E-state index is -0.199. The van der Waals surface area contributed by atoms with Gasteiger partial charge < -0.3 is 14.2 Å². The molecule has 1 aromatic heterocycles. The molecule has 2 heterocycles. The predicted molar refractivity (Wildman–Crippen MR) is 83.9 cm³/mol. The van der Waals surface area contributed by atoms with Crippen molar-refractivity contribution in [3.05, 3.63) is 30.0 Å². The second-order valence-electron chi connectivity index (χ2n) is 5.90. The van der Waals surface area contributed by atoms with Gasteiger partial charge in [0.25, 0.3) is 5.91 Å². The van der Waals surface area contributed by atoms with E-state index in [0.29, 0.717) is 36.7 Å². The Morgan fingerprint density at radius 3 is 3.04 bits per heavy atom. The number of ether oxygens (including phenoxy) is 1. The van der Waals surface area contributed by atoms with Crippen LogP contribution in [0.15, 0.2) is 28.8 Å². The van der Waals surface area contributed by atoms with Crippen molar-refractivity contribution in [2.24, 2.45) is 5.92 Å². The third-order valence-electron chi connectivity index (χ3n) is 4.37. The van der Waals surface area contributed by atoms with Crippen LogP contribution in [-0.4, -0.2) is 42.1 Å². The van der Waals surface area contributed by atoms with Crippen LogP contribution in [0.1, 0.15) is 36.2 Å². The third-order valence-corrected chi connectivity index (χ3v) is 4.37. The SMILES string of the molecule is COC(=O)CCC1CCCN(C(=O)c2onc3ccccc23)C1. The van der Waals surface area contributed by atoms with Crippen LogP contribution in [0.2, 0.25) is 0 Å². The second kappa shape index (κ2) is 6.81. The van der Waals surface area contributed by atoms with E-state index in [0.717, 1.165) is 24.6 Å². The standard InChI is InChI=1S/C17H20N2O4/c1-22-15(20)9-8-12-5-4-10-19(11-12)17(21)16-13-6-2-3-7-14(13)18-23-16/h2-3,6-7,12H,4-5,8-11H2,1H3. The van der Waals surface area contributed by atoms with Crippen LogP contribution in [0.4, 0.5) is 0 Å². The Labute approximate surface area is 134 Å². The molecule has 122 valence electrons. The first-order valence-corrected chi connectivity index (χ1v) is 7.89. The van der Waals surface area contributed by atoms with Gasteiger partial charge in [0.2, 0.25) is 5.76 Å². The number of benzene rings is 1. The molecule has 1 aliphatic rings. The number of piperidine rings is 1. The van der Waals surface area contributed by atoms with E-state index in [4.69, 9.17) is 4.52 Å². The van der Waals surface area contributed by atoms with Gasteiger partial charge in [-0.05, 0) is 37.3 Å². The number of hydrogen-bond donors (Lipinski definition) is 0. The van der Waals surface area contributed by atoms with Gasteiger partial charge in [0.1, 0.15) is 5.52 Å². The molecule has 1 fully saturated rings. The van der Waals surface area contributed by atoms with Crippen molar-refractivity contribution in [1.29, 1.82) is 0 Å². The highest BCUT2D eigenvalue weighted by Gasteiger charge is 2.28. The highest BCUT2D eigenvalue weighted by molar-refractivity contribution is 6.03. The van der Waals surface area contributed by atoms with E-state index in [2.05, 4.69) is 9.89 Å². The van der Waals surface area contributed by atoms with Gasteiger partial charge in [-0.15, -0.1) is 0 Å². The van der Waals surface area contributed by atoms with E-state index in [9.17, 15) is 9.59 Å². The summed E-state index contributed by atoms with van der Waals surface area (Å²) < 4.78 is 9.95. The Balaban J connectivity index is 1.68. The number of methoxy groups -OCH3 is 1. The zero-order valence-corrected chi connectivity index (χ0v) is 13.2. The number of esters is 1. The van der Waals surface area contributed by atoms with E-state index < -0.39 is 0 Å². The fourth-order valence-electron chi connectivity index (χ4n) is 3.10. The number of likely N-dealkylation sites (tertiary alicyclic amines) is 1. The van der Waals surface area contributed by atoms with Crippen LogP contribution >= 0.6 is 0 Å². The fraction of sp³-hybridized carbons (Fsp3) is 0.471. The number of rotatable bonds is 4. The van der Waals surface area contributed by atoms with Gasteiger partial charge in [0, 0.05) is 19.5 Å². The number of hydrogen-bond acceptors (Lipinski definition) is 5. The van der Waals surface area contributed by atoms with E-state index in [1.165, 1.54) is 7.11 Å². The number of aromatic nitrogens is 1. The summed E-state index contributed by atoms with van der Waals surface area (Å²) in [5.41, 5.74) is 0.690. The van der Waals surface area contributed by atoms with Crippen LogP contribution in [-0.2, 0) is 9.53 Å². The van der Waals surface area contributed by atoms with Crippen molar-refractivity contribution in [2.45, 2.75) is 25.7 Å². The maximum atomic E-state index is 12.7. The smallest absolute Gasteiger partial charge is 0.305 e. The van der Waals surface area contributed by atoms with E-state index in [1.807, 2.05) is 24.3 Å². The van der Waals surface area contributed by atoms with Crippen molar-refractivity contribution in [1.82, 2.24) is 10.1 Å². The molecule has 6 nitrogen and oxygen atoms in total. The quantitative estimate of drug-likeness (QED) is 0.811. The molecule has 3 rings (SSSR count). The molecule has 0 aliphatic carbocycles. The van der Waals surface area contributed by atoms with E-state index in [1.54, 1.807) is 4.90 Å². The molecule has 1 aliphatic heterocycles. The second-order valence-corrected chi connectivity index (χ2v) is 5.90. The van der Waals surface area contributed by atoms with E-state index >= 15 is 0 Å². The van der Waals surface area contributed by atoms with Gasteiger partial charge in [-0.2, -0.15) is 0 Å². The van der Waals surface area contributed by atoms with E-state index in [-0.39, 0.29) is 11.9 Å². The zero-order valence-electron chi connectivity index (χ0n) is 13.2. The van der Waals surface area contributed by atoms with Gasteiger partial charge in [0.15, 0.2) is 0 Å². The van der Waals surface area contributed by atoms with Crippen LogP contribution in [0.3, 0.4) is 0 Å². The first-order valence-electron chi connectivity index (χ1n) is 7.89. The van der Waals surface area contributed by atoms with Crippen LogP contribution in [0, 0.1) is 5.92 Å². The first kappa shape index (κ1) is 15.5. The summed E-state index contributed by atoms with van der Waals surface area (Å²) in [5.74, 6) is 0.298. The average molecular weight is 316 g/mol. The lowest BCUT2D eigenvalue weighted by Gasteiger charge is -2.32. The highest BCUT2D eigenvalue weighted by Crippen LogP contribution is 2.25. The highest BCUT2D eigenvalue weighted by atomic mass is 16.5. The summed E-state index contributed by atoms with van der Waals surface area (Å²) in [5, 5.41) is 4.69. The van der Waals surface area contributed by atoms with Crippen LogP contribution < -0.4 is 0 Å². The molecule has 0 N–H and O–H groups in total. The molecule has 1 aromatic carbocycles. The summed E-state index contributed by atoms with van der Waals surface area (Å²) in [7, 11) is 1.40. The lowest BCUT2D eigenvalue weighted by Crippen LogP contribution is -2.40.